The number of nitrogens with zero attached hydrogens (tertiary/aromatic N) is 3. The Morgan fingerprint density at radius 2 is 2.05 bits per heavy atom. The predicted octanol–water partition coefficient (Wildman–Crippen LogP) is 2.76. The maximum Gasteiger partial charge on any atom is 0.183 e. The van der Waals surface area contributed by atoms with Crippen LogP contribution in [0.15, 0.2) is 28.5 Å². The monoisotopic (exact) mass is 337 g/mol. The third-order valence-corrected chi connectivity index (χ3v) is 4.37. The zero-order valence-electron chi connectivity index (χ0n) is 11.8. The van der Waals surface area contributed by atoms with Gasteiger partial charge in [0, 0.05) is 11.0 Å². The molecule has 0 aliphatic carbocycles. The number of halogens is 1. The van der Waals surface area contributed by atoms with E-state index in [9.17, 15) is 0 Å². The molecular weight excluding hydrogens is 326 g/mol. The van der Waals surface area contributed by atoms with Crippen molar-refractivity contribution in [2.45, 2.75) is 10.1 Å². The predicted molar refractivity (Wildman–Crippen MR) is 84.8 cm³/mol. The van der Waals surface area contributed by atoms with E-state index in [1.165, 1.54) is 18.1 Å². The first kappa shape index (κ1) is 14.7. The Kier molecular flexibility index (Phi) is 3.95. The minimum Gasteiger partial charge on any atom is -0.497 e. The highest BCUT2D eigenvalue weighted by Crippen LogP contribution is 2.41. The third kappa shape index (κ3) is 2.62. The van der Waals surface area contributed by atoms with Gasteiger partial charge in [-0.1, -0.05) is 11.6 Å². The minimum atomic E-state index is 0.346. The number of nitrogen functional groups attached to an aromatic ring is 1. The number of hydrogen-bond acceptors (Lipinski definition) is 7. The van der Waals surface area contributed by atoms with Crippen molar-refractivity contribution in [1.82, 2.24) is 19.9 Å². The molecule has 2 aromatic heterocycles. The van der Waals surface area contributed by atoms with Crippen molar-refractivity contribution in [2.75, 3.05) is 20.0 Å². The summed E-state index contributed by atoms with van der Waals surface area (Å²) in [5, 5.41) is 1.08. The number of aromatic amines is 1. The van der Waals surface area contributed by atoms with Crippen LogP contribution in [0, 0.1) is 0 Å². The van der Waals surface area contributed by atoms with Gasteiger partial charge in [-0.25, -0.2) is 15.0 Å². The molecule has 3 rings (SSSR count). The quantitative estimate of drug-likeness (QED) is 0.755. The van der Waals surface area contributed by atoms with Gasteiger partial charge in [0.2, 0.25) is 0 Å². The molecule has 114 valence electrons. The van der Waals surface area contributed by atoms with Gasteiger partial charge in [-0.2, -0.15) is 0 Å². The molecule has 0 aliphatic heterocycles. The fourth-order valence-corrected chi connectivity index (χ4v) is 3.03. The number of aromatic nitrogens is 4. The van der Waals surface area contributed by atoms with Gasteiger partial charge >= 0.3 is 0 Å². The lowest BCUT2D eigenvalue weighted by Crippen LogP contribution is -1.91. The number of nitrogens with one attached hydrogen (secondary N) is 1. The maximum absolute atomic E-state index is 6.32. The molecule has 0 bridgehead atoms. The third-order valence-electron chi connectivity index (χ3n) is 2.94. The van der Waals surface area contributed by atoms with Gasteiger partial charge in [0.25, 0.3) is 0 Å². The molecule has 0 fully saturated rings. The van der Waals surface area contributed by atoms with Crippen LogP contribution in [-0.4, -0.2) is 34.2 Å². The molecule has 0 saturated carbocycles. The normalized spacial score (nSPS) is 10.9. The lowest BCUT2D eigenvalue weighted by molar-refractivity contribution is 0.392. The number of ether oxygens (including phenoxy) is 2. The molecular formula is C13H12ClN5O2S. The average Bonchev–Trinajstić information content (AvgIpc) is 2.93. The SMILES string of the molecule is COc1cc(OC)c(Cl)c(Sc2nc3ncnc(N)c3[nH]2)c1. The van der Waals surface area contributed by atoms with E-state index in [0.717, 1.165) is 4.90 Å². The molecule has 0 unspecified atom stereocenters. The zero-order valence-corrected chi connectivity index (χ0v) is 13.3. The zero-order chi connectivity index (χ0) is 15.7. The van der Waals surface area contributed by atoms with Crippen molar-refractivity contribution in [3.05, 3.63) is 23.5 Å². The molecule has 0 atom stereocenters. The summed E-state index contributed by atoms with van der Waals surface area (Å²) in [6.07, 6.45) is 1.37. The highest BCUT2D eigenvalue weighted by molar-refractivity contribution is 7.99. The number of hydrogen-bond donors (Lipinski definition) is 2. The fourth-order valence-electron chi connectivity index (χ4n) is 1.87. The Balaban J connectivity index is 2.02. The summed E-state index contributed by atoms with van der Waals surface area (Å²) in [6.45, 7) is 0. The van der Waals surface area contributed by atoms with Crippen molar-refractivity contribution < 1.29 is 9.47 Å². The molecule has 2 heterocycles. The van der Waals surface area contributed by atoms with E-state index in [1.807, 2.05) is 0 Å². The van der Waals surface area contributed by atoms with E-state index in [4.69, 9.17) is 26.8 Å². The van der Waals surface area contributed by atoms with E-state index in [0.29, 0.717) is 38.7 Å². The summed E-state index contributed by atoms with van der Waals surface area (Å²) in [5.41, 5.74) is 6.88. The van der Waals surface area contributed by atoms with E-state index in [1.54, 1.807) is 26.4 Å². The molecule has 3 aromatic rings. The molecule has 0 radical (unpaired) electrons. The summed E-state index contributed by atoms with van der Waals surface area (Å²) in [5.74, 6) is 1.51. The number of benzene rings is 1. The second kappa shape index (κ2) is 5.90. The first-order chi connectivity index (χ1) is 10.6. The van der Waals surface area contributed by atoms with Crippen molar-refractivity contribution >= 4 is 40.3 Å². The smallest absolute Gasteiger partial charge is 0.183 e. The number of H-pyrrole nitrogens is 1. The van der Waals surface area contributed by atoms with Crippen LogP contribution in [0.25, 0.3) is 11.2 Å². The number of rotatable bonds is 4. The van der Waals surface area contributed by atoms with Crippen molar-refractivity contribution in [2.24, 2.45) is 0 Å². The van der Waals surface area contributed by atoms with Crippen molar-refractivity contribution in [3.8, 4) is 11.5 Å². The van der Waals surface area contributed by atoms with Gasteiger partial charge in [0.1, 0.15) is 23.3 Å². The highest BCUT2D eigenvalue weighted by atomic mass is 35.5. The van der Waals surface area contributed by atoms with Crippen molar-refractivity contribution in [3.63, 3.8) is 0 Å². The summed E-state index contributed by atoms with van der Waals surface area (Å²) >= 11 is 7.65. The largest absolute Gasteiger partial charge is 0.497 e. The van der Waals surface area contributed by atoms with Crippen LogP contribution >= 0.6 is 23.4 Å². The number of methoxy groups -OCH3 is 2. The van der Waals surface area contributed by atoms with Crippen molar-refractivity contribution in [1.29, 1.82) is 0 Å². The summed E-state index contributed by atoms with van der Waals surface area (Å²) in [4.78, 5) is 16.2. The Bertz CT molecular complexity index is 839. The average molecular weight is 338 g/mol. The number of fused-ring (bicyclic) bond motifs is 1. The van der Waals surface area contributed by atoms with Gasteiger partial charge in [0.15, 0.2) is 16.6 Å². The van der Waals surface area contributed by atoms with E-state index < -0.39 is 0 Å². The van der Waals surface area contributed by atoms with Gasteiger partial charge < -0.3 is 20.2 Å². The first-order valence-electron chi connectivity index (χ1n) is 6.18. The van der Waals surface area contributed by atoms with E-state index >= 15 is 0 Å². The summed E-state index contributed by atoms with van der Waals surface area (Å²) in [6, 6.07) is 3.52. The maximum atomic E-state index is 6.32. The van der Waals surface area contributed by atoms with Gasteiger partial charge in [-0.05, 0) is 17.8 Å². The van der Waals surface area contributed by atoms with E-state index in [-0.39, 0.29) is 0 Å². The van der Waals surface area contributed by atoms with Crippen LogP contribution < -0.4 is 15.2 Å². The lowest BCUT2D eigenvalue weighted by Gasteiger charge is -2.10. The first-order valence-corrected chi connectivity index (χ1v) is 7.37. The Labute approximate surface area is 135 Å². The van der Waals surface area contributed by atoms with Crippen LogP contribution in [0.2, 0.25) is 5.02 Å². The molecule has 22 heavy (non-hydrogen) atoms. The van der Waals surface area contributed by atoms with Gasteiger partial charge in [-0.3, -0.25) is 0 Å². The Morgan fingerprint density at radius 3 is 2.73 bits per heavy atom. The molecule has 0 aliphatic rings. The number of anilines is 1. The van der Waals surface area contributed by atoms with Gasteiger partial charge in [0.05, 0.1) is 19.2 Å². The summed E-state index contributed by atoms with van der Waals surface area (Å²) in [7, 11) is 3.13. The van der Waals surface area contributed by atoms with Crippen LogP contribution in [0.1, 0.15) is 0 Å². The van der Waals surface area contributed by atoms with Crippen LogP contribution in [0.3, 0.4) is 0 Å². The second-order valence-electron chi connectivity index (χ2n) is 4.24. The topological polar surface area (TPSA) is 98.9 Å². The Morgan fingerprint density at radius 1 is 1.23 bits per heavy atom. The van der Waals surface area contributed by atoms with E-state index in [2.05, 4.69) is 19.9 Å². The standard InChI is InChI=1S/C13H12ClN5O2S/c1-20-6-3-7(21-2)9(14)8(4-6)22-13-18-10-11(15)16-5-17-12(10)19-13/h3-5H,1-2H3,(H3,15,16,17,18,19). The minimum absolute atomic E-state index is 0.346. The highest BCUT2D eigenvalue weighted by Gasteiger charge is 2.15. The number of nitrogens with two attached hydrogens (primary N) is 1. The van der Waals surface area contributed by atoms with Crippen LogP contribution in [0.4, 0.5) is 5.82 Å². The molecule has 1 aromatic carbocycles. The molecule has 0 amide bonds. The number of imidazole rings is 1. The van der Waals surface area contributed by atoms with Crippen LogP contribution in [-0.2, 0) is 0 Å². The summed E-state index contributed by atoms with van der Waals surface area (Å²) < 4.78 is 10.5. The second-order valence-corrected chi connectivity index (χ2v) is 5.65. The molecule has 9 heteroatoms. The lowest BCUT2D eigenvalue weighted by atomic mass is 10.3. The molecule has 3 N–H and O–H groups in total. The van der Waals surface area contributed by atoms with Gasteiger partial charge in [-0.15, -0.1) is 0 Å². The van der Waals surface area contributed by atoms with Crippen LogP contribution in [0.5, 0.6) is 11.5 Å². The molecule has 0 saturated heterocycles. The fraction of sp³-hybridized carbons (Fsp3) is 0.154. The molecule has 7 nitrogen and oxygen atoms in total. The molecule has 0 spiro atoms. The Hall–Kier alpha value is -2.19.